The zero-order valence-corrected chi connectivity index (χ0v) is 7.18. The topological polar surface area (TPSA) is 55.1 Å². The first-order valence-electron chi connectivity index (χ1n) is 3.66. The smallest absolute Gasteiger partial charge is 0.405 e. The summed E-state index contributed by atoms with van der Waals surface area (Å²) in [7, 11) is 0. The van der Waals surface area contributed by atoms with Crippen molar-refractivity contribution in [1.82, 2.24) is 10.3 Å². The lowest BCUT2D eigenvalue weighted by Gasteiger charge is -2.05. The Morgan fingerprint density at radius 1 is 1.64 bits per heavy atom. The number of carbonyl (C=O) groups excluding carboxylic acids is 1. The van der Waals surface area contributed by atoms with E-state index in [1.54, 1.807) is 5.32 Å². The molecule has 1 heterocycles. The second-order valence-corrected chi connectivity index (χ2v) is 2.57. The number of alkyl halides is 3. The van der Waals surface area contributed by atoms with Crippen LogP contribution in [0.15, 0.2) is 10.6 Å². The van der Waals surface area contributed by atoms with Gasteiger partial charge < -0.3 is 9.73 Å². The van der Waals surface area contributed by atoms with Crippen LogP contribution in [0, 0.1) is 6.92 Å². The van der Waals surface area contributed by atoms with Gasteiger partial charge in [0.15, 0.2) is 0 Å². The maximum absolute atomic E-state index is 11.7. The first-order valence-corrected chi connectivity index (χ1v) is 3.66. The third kappa shape index (κ3) is 3.08. The number of hydrogen-bond donors (Lipinski definition) is 1. The van der Waals surface area contributed by atoms with Gasteiger partial charge in [0.05, 0.1) is 6.20 Å². The molecule has 0 aromatic carbocycles. The highest BCUT2D eigenvalue weighted by molar-refractivity contribution is 5.89. The molecule has 0 atom stereocenters. The van der Waals surface area contributed by atoms with Gasteiger partial charge in [-0.05, 0) is 6.92 Å². The fraction of sp³-hybridized carbons (Fsp3) is 0.429. The van der Waals surface area contributed by atoms with Crippen molar-refractivity contribution in [1.29, 1.82) is 0 Å². The van der Waals surface area contributed by atoms with Crippen molar-refractivity contribution in [2.24, 2.45) is 0 Å². The molecule has 0 fully saturated rings. The summed E-state index contributed by atoms with van der Waals surface area (Å²) < 4.78 is 39.7. The zero-order valence-electron chi connectivity index (χ0n) is 7.18. The number of halogens is 3. The summed E-state index contributed by atoms with van der Waals surface area (Å²) in [5, 5.41) is 1.63. The van der Waals surface area contributed by atoms with Crippen LogP contribution in [0.4, 0.5) is 13.2 Å². The van der Waals surface area contributed by atoms with Gasteiger partial charge in [-0.3, -0.25) is 4.79 Å². The van der Waals surface area contributed by atoms with E-state index in [0.29, 0.717) is 5.76 Å². The lowest BCUT2D eigenvalue weighted by Crippen LogP contribution is -2.33. The predicted molar refractivity (Wildman–Crippen MR) is 39.6 cm³/mol. The molecule has 0 aliphatic rings. The van der Waals surface area contributed by atoms with Gasteiger partial charge >= 0.3 is 12.1 Å². The molecule has 1 amide bonds. The van der Waals surface area contributed by atoms with Crippen molar-refractivity contribution in [2.75, 3.05) is 6.54 Å². The molecule has 14 heavy (non-hydrogen) atoms. The number of aromatic nitrogens is 1. The predicted octanol–water partition coefficient (Wildman–Crippen LogP) is 1.28. The van der Waals surface area contributed by atoms with E-state index in [-0.39, 0.29) is 5.89 Å². The first kappa shape index (κ1) is 10.6. The maximum Gasteiger partial charge on any atom is 0.405 e. The Balaban J connectivity index is 2.52. The van der Waals surface area contributed by atoms with E-state index >= 15 is 0 Å². The molecular weight excluding hydrogens is 201 g/mol. The summed E-state index contributed by atoms with van der Waals surface area (Å²) in [5.41, 5.74) is 0. The largest absolute Gasteiger partial charge is 0.438 e. The Hall–Kier alpha value is -1.53. The minimum absolute atomic E-state index is 0.363. The SMILES string of the molecule is Cc1cnc(C(=O)NCC(F)(F)F)o1. The molecule has 78 valence electrons. The molecule has 0 bridgehead atoms. The molecule has 0 saturated heterocycles. The number of amides is 1. The quantitative estimate of drug-likeness (QED) is 0.796. The molecule has 0 unspecified atom stereocenters. The summed E-state index contributed by atoms with van der Waals surface area (Å²) in [6, 6.07) is 0. The number of rotatable bonds is 2. The number of nitrogens with zero attached hydrogens (tertiary/aromatic N) is 1. The molecule has 0 aliphatic heterocycles. The van der Waals surface area contributed by atoms with E-state index in [9.17, 15) is 18.0 Å². The third-order valence-electron chi connectivity index (χ3n) is 1.26. The van der Waals surface area contributed by atoms with E-state index in [4.69, 9.17) is 4.42 Å². The van der Waals surface area contributed by atoms with E-state index in [1.807, 2.05) is 0 Å². The van der Waals surface area contributed by atoms with Crippen molar-refractivity contribution in [3.05, 3.63) is 17.8 Å². The minimum Gasteiger partial charge on any atom is -0.438 e. The zero-order chi connectivity index (χ0) is 10.8. The lowest BCUT2D eigenvalue weighted by atomic mass is 10.5. The molecule has 0 aliphatic carbocycles. The summed E-state index contributed by atoms with van der Waals surface area (Å²) in [4.78, 5) is 14.4. The second kappa shape index (κ2) is 3.69. The molecular formula is C7H7F3N2O2. The Kier molecular flexibility index (Phi) is 2.78. The van der Waals surface area contributed by atoms with E-state index in [2.05, 4.69) is 4.98 Å². The van der Waals surface area contributed by atoms with Gasteiger partial charge in [-0.15, -0.1) is 0 Å². The Labute approximate surface area is 77.1 Å². The van der Waals surface area contributed by atoms with Gasteiger partial charge in [-0.1, -0.05) is 0 Å². The summed E-state index contributed by atoms with van der Waals surface area (Å²) in [6.07, 6.45) is -3.18. The number of hydrogen-bond acceptors (Lipinski definition) is 3. The van der Waals surface area contributed by atoms with Crippen molar-refractivity contribution in [3.63, 3.8) is 0 Å². The Morgan fingerprint density at radius 2 is 2.29 bits per heavy atom. The van der Waals surface area contributed by atoms with E-state index in [1.165, 1.54) is 13.1 Å². The summed E-state index contributed by atoms with van der Waals surface area (Å²) in [6.45, 7) is 0.140. The fourth-order valence-electron chi connectivity index (χ4n) is 0.716. The Bertz CT molecular complexity index is 332. The van der Waals surface area contributed by atoms with Crippen LogP contribution in [0.3, 0.4) is 0 Å². The van der Waals surface area contributed by atoms with Crippen LogP contribution in [-0.4, -0.2) is 23.6 Å². The average Bonchev–Trinajstić information content (AvgIpc) is 2.46. The van der Waals surface area contributed by atoms with Crippen LogP contribution in [0.25, 0.3) is 0 Å². The molecule has 1 aromatic rings. The van der Waals surface area contributed by atoms with E-state index < -0.39 is 18.6 Å². The van der Waals surface area contributed by atoms with Crippen molar-refractivity contribution < 1.29 is 22.4 Å². The number of carbonyl (C=O) groups is 1. The molecule has 1 N–H and O–H groups in total. The summed E-state index contributed by atoms with van der Waals surface area (Å²) in [5.74, 6) is -0.982. The van der Waals surface area contributed by atoms with Crippen molar-refractivity contribution >= 4 is 5.91 Å². The second-order valence-electron chi connectivity index (χ2n) is 2.57. The highest BCUT2D eigenvalue weighted by atomic mass is 19.4. The van der Waals surface area contributed by atoms with Gasteiger partial charge in [-0.2, -0.15) is 13.2 Å². The average molecular weight is 208 g/mol. The van der Waals surface area contributed by atoms with Gasteiger partial charge in [0.2, 0.25) is 0 Å². The normalized spacial score (nSPS) is 11.4. The van der Waals surface area contributed by atoms with Gasteiger partial charge in [0.25, 0.3) is 5.89 Å². The molecule has 1 aromatic heterocycles. The van der Waals surface area contributed by atoms with Crippen LogP contribution in [0.1, 0.15) is 16.4 Å². The number of oxazole rings is 1. The van der Waals surface area contributed by atoms with Gasteiger partial charge in [0.1, 0.15) is 12.3 Å². The first-order chi connectivity index (χ1) is 6.38. The molecule has 7 heteroatoms. The minimum atomic E-state index is -4.43. The third-order valence-corrected chi connectivity index (χ3v) is 1.26. The Morgan fingerprint density at radius 3 is 2.71 bits per heavy atom. The van der Waals surface area contributed by atoms with Gasteiger partial charge in [0, 0.05) is 0 Å². The van der Waals surface area contributed by atoms with E-state index in [0.717, 1.165) is 0 Å². The standard InChI is InChI=1S/C7H7F3N2O2/c1-4-2-11-6(14-4)5(13)12-3-7(8,9)10/h2H,3H2,1H3,(H,12,13). The lowest BCUT2D eigenvalue weighted by molar-refractivity contribution is -0.123. The number of nitrogens with one attached hydrogen (secondary N) is 1. The van der Waals surface area contributed by atoms with Crippen molar-refractivity contribution in [2.45, 2.75) is 13.1 Å². The van der Waals surface area contributed by atoms with Gasteiger partial charge in [-0.25, -0.2) is 4.98 Å². The molecule has 4 nitrogen and oxygen atoms in total. The highest BCUT2D eigenvalue weighted by Gasteiger charge is 2.28. The monoisotopic (exact) mass is 208 g/mol. The van der Waals surface area contributed by atoms with Crippen LogP contribution >= 0.6 is 0 Å². The van der Waals surface area contributed by atoms with Crippen molar-refractivity contribution in [3.8, 4) is 0 Å². The molecule has 1 rings (SSSR count). The number of aryl methyl sites for hydroxylation is 1. The van der Waals surface area contributed by atoms with Crippen LogP contribution in [0.5, 0.6) is 0 Å². The molecule has 0 saturated carbocycles. The van der Waals surface area contributed by atoms with Crippen LogP contribution in [0.2, 0.25) is 0 Å². The molecule has 0 spiro atoms. The molecule has 0 radical (unpaired) electrons. The maximum atomic E-state index is 11.7. The summed E-state index contributed by atoms with van der Waals surface area (Å²) >= 11 is 0. The highest BCUT2D eigenvalue weighted by Crippen LogP contribution is 2.12. The fourth-order valence-corrected chi connectivity index (χ4v) is 0.716. The van der Waals surface area contributed by atoms with Crippen LogP contribution in [-0.2, 0) is 0 Å². The van der Waals surface area contributed by atoms with Crippen LogP contribution < -0.4 is 5.32 Å².